The van der Waals surface area contributed by atoms with E-state index in [0.717, 1.165) is 0 Å². The smallest absolute Gasteiger partial charge is 0.0725 e. The molecule has 2 aliphatic rings. The van der Waals surface area contributed by atoms with Gasteiger partial charge >= 0.3 is 0 Å². The summed E-state index contributed by atoms with van der Waals surface area (Å²) in [4.78, 5) is 0. The first kappa shape index (κ1) is 41.5. The predicted molar refractivity (Wildman–Crippen MR) is 296 cm³/mol. The van der Waals surface area contributed by atoms with E-state index in [4.69, 9.17) is 0 Å². The third-order valence-corrected chi connectivity index (χ3v) is 14.9. The highest BCUT2D eigenvalue weighted by Gasteiger charge is 2.51. The maximum absolute atomic E-state index is 2.37. The van der Waals surface area contributed by atoms with Crippen LogP contribution in [0, 0.1) is 20.8 Å². The Balaban J connectivity index is 0.000000104. The van der Waals surface area contributed by atoms with Gasteiger partial charge in [-0.3, -0.25) is 0 Å². The van der Waals surface area contributed by atoms with E-state index in [0.29, 0.717) is 0 Å². The molecule has 13 aromatic rings. The molecule has 0 saturated heterocycles. The largest absolute Gasteiger partial charge is 0.309 e. The summed E-state index contributed by atoms with van der Waals surface area (Å²) in [5.41, 5.74) is 22.4. The van der Waals surface area contributed by atoms with Crippen molar-refractivity contribution in [3.8, 4) is 33.6 Å². The molecular formula is C68H50N2. The molecule has 0 saturated carbocycles. The molecule has 0 fully saturated rings. The van der Waals surface area contributed by atoms with Crippen molar-refractivity contribution in [2.45, 2.75) is 26.2 Å². The summed E-state index contributed by atoms with van der Waals surface area (Å²) in [6.07, 6.45) is 0. The molecule has 0 amide bonds. The summed E-state index contributed by atoms with van der Waals surface area (Å²) in [7, 11) is 0. The van der Waals surface area contributed by atoms with E-state index in [1.165, 1.54) is 127 Å². The van der Waals surface area contributed by atoms with Gasteiger partial charge in [-0.2, -0.15) is 0 Å². The number of benzene rings is 11. The zero-order valence-electron chi connectivity index (χ0n) is 39.6. The highest BCUT2D eigenvalue weighted by Crippen LogP contribution is 2.63. The molecule has 2 aromatic heterocycles. The first-order valence-electron chi connectivity index (χ1n) is 24.4. The van der Waals surface area contributed by atoms with E-state index in [-0.39, 0.29) is 5.41 Å². The molecule has 2 heteroatoms. The Labute approximate surface area is 409 Å². The molecule has 2 nitrogen and oxygen atoms in total. The number of hydrogen-bond acceptors (Lipinski definition) is 0. The minimum Gasteiger partial charge on any atom is -0.309 e. The second-order valence-corrected chi connectivity index (χ2v) is 19.0. The zero-order chi connectivity index (χ0) is 46.9. The Morgan fingerprint density at radius 2 is 0.743 bits per heavy atom. The van der Waals surface area contributed by atoms with Crippen molar-refractivity contribution in [3.63, 3.8) is 0 Å². The topological polar surface area (TPSA) is 9.86 Å². The van der Waals surface area contributed by atoms with Crippen molar-refractivity contribution < 1.29 is 0 Å². The third-order valence-electron chi connectivity index (χ3n) is 14.9. The number of rotatable bonds is 2. The zero-order valence-corrected chi connectivity index (χ0v) is 39.6. The lowest BCUT2D eigenvalue weighted by molar-refractivity contribution is 0.793. The van der Waals surface area contributed by atoms with Crippen LogP contribution in [0.2, 0.25) is 0 Å². The molecule has 332 valence electrons. The number of aromatic nitrogens is 2. The molecule has 0 atom stereocenters. The molecule has 2 heterocycles. The summed E-state index contributed by atoms with van der Waals surface area (Å²) in [6.45, 7) is 6.54. The van der Waals surface area contributed by atoms with Gasteiger partial charge < -0.3 is 9.13 Å². The van der Waals surface area contributed by atoms with Gasteiger partial charge in [0, 0.05) is 32.9 Å². The predicted octanol–water partition coefficient (Wildman–Crippen LogP) is 17.7. The van der Waals surface area contributed by atoms with Gasteiger partial charge in [-0.1, -0.05) is 199 Å². The van der Waals surface area contributed by atoms with Gasteiger partial charge in [0.25, 0.3) is 0 Å². The number of aryl methyl sites for hydroxylation is 3. The fourth-order valence-corrected chi connectivity index (χ4v) is 11.9. The molecule has 1 spiro atoms. The molecule has 0 unspecified atom stereocenters. The summed E-state index contributed by atoms with van der Waals surface area (Å²) < 4.78 is 4.71. The molecule has 0 bridgehead atoms. The Morgan fingerprint density at radius 3 is 1.36 bits per heavy atom. The number of nitrogens with zero attached hydrogens (tertiary/aromatic N) is 2. The van der Waals surface area contributed by atoms with Crippen LogP contribution in [0.4, 0.5) is 0 Å². The standard InChI is InChI=1S/C26H18.C23H17N.C19H15N/c1-17-9-8-16-24-25(17)20-12-4-7-15-23(20)26(24)21-13-5-2-10-18(21)19-11-3-6-14-22(19)26;1-16-10-13-23-21(14-16)20-8-4-5-9-22(20)24(23)19-12-11-17-6-2-3-7-18(17)15-19;1-14-11-12-19-17(13-14)16-9-5-6-10-18(16)20(19)15-7-3-2-4-8-15/h2-16H,1H3;2-15H,1H3;2-13H,1H3. The van der Waals surface area contributed by atoms with Crippen LogP contribution >= 0.6 is 0 Å². The van der Waals surface area contributed by atoms with Gasteiger partial charge in [0.05, 0.1) is 27.5 Å². The molecule has 0 aliphatic heterocycles. The van der Waals surface area contributed by atoms with E-state index in [1.807, 2.05) is 0 Å². The van der Waals surface area contributed by atoms with Crippen molar-refractivity contribution in [2.24, 2.45) is 0 Å². The Morgan fingerprint density at radius 1 is 0.286 bits per heavy atom. The van der Waals surface area contributed by atoms with Crippen LogP contribution < -0.4 is 0 Å². The van der Waals surface area contributed by atoms with Crippen LogP contribution in [-0.2, 0) is 5.41 Å². The van der Waals surface area contributed by atoms with Crippen LogP contribution in [0.5, 0.6) is 0 Å². The van der Waals surface area contributed by atoms with Gasteiger partial charge in [0.2, 0.25) is 0 Å². The average molecular weight is 895 g/mol. The second kappa shape index (κ2) is 16.5. The molecule has 15 rings (SSSR count). The summed E-state index contributed by atoms with van der Waals surface area (Å²) in [6, 6.07) is 90.1. The number of hydrogen-bond donors (Lipinski definition) is 0. The van der Waals surface area contributed by atoms with E-state index < -0.39 is 0 Å². The maximum Gasteiger partial charge on any atom is 0.0725 e. The number of fused-ring (bicyclic) bond motifs is 17. The monoisotopic (exact) mass is 894 g/mol. The van der Waals surface area contributed by atoms with Crippen LogP contribution in [0.1, 0.15) is 38.9 Å². The minimum absolute atomic E-state index is 0.189. The lowest BCUT2D eigenvalue weighted by Crippen LogP contribution is -2.25. The fraction of sp³-hybridized carbons (Fsp3) is 0.0588. The molecular weight excluding hydrogens is 845 g/mol. The highest BCUT2D eigenvalue weighted by molar-refractivity contribution is 6.10. The van der Waals surface area contributed by atoms with E-state index in [1.54, 1.807) is 0 Å². The van der Waals surface area contributed by atoms with Gasteiger partial charge in [-0.25, -0.2) is 0 Å². The molecule has 70 heavy (non-hydrogen) atoms. The van der Waals surface area contributed by atoms with Crippen LogP contribution in [0.3, 0.4) is 0 Å². The first-order valence-corrected chi connectivity index (χ1v) is 24.4. The highest BCUT2D eigenvalue weighted by atomic mass is 15.0. The van der Waals surface area contributed by atoms with Gasteiger partial charge in [-0.15, -0.1) is 0 Å². The maximum atomic E-state index is 2.37. The van der Waals surface area contributed by atoms with Crippen molar-refractivity contribution in [1.29, 1.82) is 0 Å². The Bertz CT molecular complexity index is 4120. The average Bonchev–Trinajstić information content (AvgIpc) is 4.12. The first-order chi connectivity index (χ1) is 34.5. The molecule has 2 aliphatic carbocycles. The summed E-state index contributed by atoms with van der Waals surface area (Å²) >= 11 is 0. The van der Waals surface area contributed by atoms with Crippen LogP contribution in [-0.4, -0.2) is 9.13 Å². The summed E-state index contributed by atoms with van der Waals surface area (Å²) in [5.74, 6) is 0. The lowest BCUT2D eigenvalue weighted by Gasteiger charge is -2.30. The molecule has 0 radical (unpaired) electrons. The Hall–Kier alpha value is -8.72. The normalized spacial score (nSPS) is 12.6. The molecule has 11 aromatic carbocycles. The van der Waals surface area contributed by atoms with Gasteiger partial charge in [-0.05, 0) is 142 Å². The minimum atomic E-state index is -0.189. The fourth-order valence-electron chi connectivity index (χ4n) is 11.9. The van der Waals surface area contributed by atoms with Crippen molar-refractivity contribution in [3.05, 3.63) is 288 Å². The molecule has 0 N–H and O–H groups in total. The van der Waals surface area contributed by atoms with Crippen LogP contribution in [0.25, 0.3) is 88.0 Å². The second-order valence-electron chi connectivity index (χ2n) is 19.0. The van der Waals surface area contributed by atoms with Crippen molar-refractivity contribution in [2.75, 3.05) is 0 Å². The van der Waals surface area contributed by atoms with E-state index in [9.17, 15) is 0 Å². The summed E-state index contributed by atoms with van der Waals surface area (Å²) in [5, 5.41) is 7.81. The Kier molecular flexibility index (Phi) is 9.78. The van der Waals surface area contributed by atoms with Crippen LogP contribution in [0.15, 0.2) is 249 Å². The SMILES string of the molecule is Cc1ccc2c(c1)c1ccccc1n2-c1ccc2ccccc2c1.Cc1ccc2c(c1)c1ccccc1n2-c1ccccc1.Cc1cccc2c1-c1ccccc1C21c2ccccc2-c2ccccc21. The number of para-hydroxylation sites is 3. The van der Waals surface area contributed by atoms with E-state index in [2.05, 4.69) is 279 Å². The lowest BCUT2D eigenvalue weighted by atomic mass is 9.70. The van der Waals surface area contributed by atoms with Crippen molar-refractivity contribution in [1.82, 2.24) is 9.13 Å². The third kappa shape index (κ3) is 6.33. The quantitative estimate of drug-likeness (QED) is 0.164. The van der Waals surface area contributed by atoms with Crippen molar-refractivity contribution >= 4 is 54.4 Å². The van der Waals surface area contributed by atoms with Gasteiger partial charge in [0.1, 0.15) is 0 Å². The van der Waals surface area contributed by atoms with Gasteiger partial charge in [0.15, 0.2) is 0 Å². The van der Waals surface area contributed by atoms with E-state index >= 15 is 0 Å².